The molecular formula is C4H5NO3. The fourth-order valence-electron chi connectivity index (χ4n) is 0.159. The lowest BCUT2D eigenvalue weighted by molar-refractivity contribution is -0.146. The monoisotopic (exact) mass is 115 g/mol. The molecule has 0 aromatic rings. The Morgan fingerprint density at radius 1 is 1.50 bits per heavy atom. The third-order valence-electron chi connectivity index (χ3n) is 0.458. The number of nitrogens with two attached hydrogens (primary N) is 1. The molecule has 0 aliphatic rings. The van der Waals surface area contributed by atoms with Crippen molar-refractivity contribution >= 4 is 11.8 Å². The third-order valence-corrected chi connectivity index (χ3v) is 0.458. The van der Waals surface area contributed by atoms with Gasteiger partial charge in [-0.2, -0.15) is 0 Å². The molecule has 0 aliphatic heterocycles. The number of carboxylic acids is 1. The number of rotatable bonds is 2. The smallest absolute Gasteiger partial charge is 0.376 e. The van der Waals surface area contributed by atoms with Crippen molar-refractivity contribution in [1.82, 2.24) is 0 Å². The Kier molecular flexibility index (Phi) is 2.33. The van der Waals surface area contributed by atoms with Crippen LogP contribution in [0.15, 0.2) is 12.3 Å². The second-order valence-corrected chi connectivity index (χ2v) is 1.03. The summed E-state index contributed by atoms with van der Waals surface area (Å²) in [5.74, 6) is -2.50. The quantitative estimate of drug-likeness (QED) is 0.361. The van der Waals surface area contributed by atoms with Gasteiger partial charge < -0.3 is 10.8 Å². The predicted octanol–water partition coefficient (Wildman–Crippen LogP) is -0.888. The normalized spacial score (nSPS) is 9.50. The number of carbonyl (C=O) groups excluding carboxylic acids is 1. The molecule has 0 bridgehead atoms. The van der Waals surface area contributed by atoms with Crippen LogP contribution in [0, 0.1) is 0 Å². The highest BCUT2D eigenvalue weighted by molar-refractivity contribution is 6.37. The molecule has 4 nitrogen and oxygen atoms in total. The van der Waals surface area contributed by atoms with E-state index in [1.807, 2.05) is 0 Å². The Bertz CT molecular complexity index is 138. The van der Waals surface area contributed by atoms with E-state index in [4.69, 9.17) is 10.8 Å². The molecule has 0 aliphatic carbocycles. The Balaban J connectivity index is 3.85. The Hall–Kier alpha value is -1.32. The highest BCUT2D eigenvalue weighted by Gasteiger charge is 2.03. The largest absolute Gasteiger partial charge is 0.475 e. The van der Waals surface area contributed by atoms with Crippen LogP contribution < -0.4 is 5.73 Å². The molecule has 0 aromatic carbocycles. The Morgan fingerprint density at radius 3 is 2.12 bits per heavy atom. The van der Waals surface area contributed by atoms with Gasteiger partial charge in [0.2, 0.25) is 0 Å². The van der Waals surface area contributed by atoms with E-state index in [1.165, 1.54) is 0 Å². The molecule has 0 saturated heterocycles. The topological polar surface area (TPSA) is 80.4 Å². The maximum atomic E-state index is 9.98. The number of ketones is 1. The first-order chi connectivity index (χ1) is 3.68. The first kappa shape index (κ1) is 6.68. The van der Waals surface area contributed by atoms with Crippen molar-refractivity contribution in [3.8, 4) is 0 Å². The van der Waals surface area contributed by atoms with E-state index in [-0.39, 0.29) is 0 Å². The van der Waals surface area contributed by atoms with Gasteiger partial charge in [-0.05, 0) is 6.20 Å². The average molecular weight is 115 g/mol. The molecule has 0 heterocycles. The molecule has 0 radical (unpaired) electrons. The van der Waals surface area contributed by atoms with Crippen LogP contribution in [0.1, 0.15) is 0 Å². The maximum absolute atomic E-state index is 9.98. The molecule has 44 valence electrons. The molecule has 0 saturated carbocycles. The van der Waals surface area contributed by atoms with Crippen molar-refractivity contribution in [3.63, 3.8) is 0 Å². The van der Waals surface area contributed by atoms with Gasteiger partial charge in [-0.25, -0.2) is 4.79 Å². The Morgan fingerprint density at radius 2 is 2.00 bits per heavy atom. The van der Waals surface area contributed by atoms with Gasteiger partial charge in [0.25, 0.3) is 5.78 Å². The first-order valence-corrected chi connectivity index (χ1v) is 1.84. The van der Waals surface area contributed by atoms with Gasteiger partial charge in [0.05, 0.1) is 0 Å². The lowest BCUT2D eigenvalue weighted by atomic mass is 10.4. The molecule has 0 spiro atoms. The summed E-state index contributed by atoms with van der Waals surface area (Å²) >= 11 is 0. The lowest BCUT2D eigenvalue weighted by Crippen LogP contribution is -2.08. The van der Waals surface area contributed by atoms with Crippen LogP contribution >= 0.6 is 0 Å². The number of hydrogen-bond acceptors (Lipinski definition) is 3. The average Bonchev–Trinajstić information content (AvgIpc) is 1.67. The summed E-state index contributed by atoms with van der Waals surface area (Å²) in [6.45, 7) is 0. The summed E-state index contributed by atoms with van der Waals surface area (Å²) in [5, 5.41) is 7.86. The van der Waals surface area contributed by atoms with Crippen molar-refractivity contribution in [2.75, 3.05) is 0 Å². The Labute approximate surface area is 45.6 Å². The van der Waals surface area contributed by atoms with Gasteiger partial charge in [-0.3, -0.25) is 4.79 Å². The zero-order valence-corrected chi connectivity index (χ0v) is 4.00. The fourth-order valence-corrected chi connectivity index (χ4v) is 0.159. The van der Waals surface area contributed by atoms with Crippen molar-refractivity contribution in [3.05, 3.63) is 12.3 Å². The first-order valence-electron chi connectivity index (χ1n) is 1.84. The lowest BCUT2D eigenvalue weighted by Gasteiger charge is -1.78. The molecule has 0 amide bonds. The zero-order valence-electron chi connectivity index (χ0n) is 4.00. The maximum Gasteiger partial charge on any atom is 0.376 e. The summed E-state index contributed by atoms with van der Waals surface area (Å²) in [6.07, 6.45) is 1.67. The van der Waals surface area contributed by atoms with Gasteiger partial charge in [-0.15, -0.1) is 0 Å². The third kappa shape index (κ3) is 1.96. The van der Waals surface area contributed by atoms with E-state index in [2.05, 4.69) is 0 Å². The molecule has 0 rings (SSSR count). The minimum atomic E-state index is -1.49. The van der Waals surface area contributed by atoms with E-state index in [9.17, 15) is 9.59 Å². The van der Waals surface area contributed by atoms with Crippen LogP contribution in [0.2, 0.25) is 0 Å². The van der Waals surface area contributed by atoms with E-state index >= 15 is 0 Å². The van der Waals surface area contributed by atoms with Crippen LogP contribution in [-0.4, -0.2) is 16.9 Å². The van der Waals surface area contributed by atoms with Crippen molar-refractivity contribution in [1.29, 1.82) is 0 Å². The number of hydrogen-bond donors (Lipinski definition) is 2. The summed E-state index contributed by atoms with van der Waals surface area (Å²) in [4.78, 5) is 19.6. The highest BCUT2D eigenvalue weighted by atomic mass is 16.4. The van der Waals surface area contributed by atoms with Crippen LogP contribution in [0.5, 0.6) is 0 Å². The number of carbonyl (C=O) groups is 2. The van der Waals surface area contributed by atoms with E-state index in [1.54, 1.807) is 0 Å². The zero-order chi connectivity index (χ0) is 6.57. The van der Waals surface area contributed by atoms with Crippen molar-refractivity contribution in [2.24, 2.45) is 5.73 Å². The van der Waals surface area contributed by atoms with Crippen LogP contribution in [0.4, 0.5) is 0 Å². The van der Waals surface area contributed by atoms with Gasteiger partial charge in [-0.1, -0.05) is 0 Å². The molecule has 0 aromatic heterocycles. The van der Waals surface area contributed by atoms with Crippen LogP contribution in [-0.2, 0) is 9.59 Å². The molecular weight excluding hydrogens is 110 g/mol. The highest BCUT2D eigenvalue weighted by Crippen LogP contribution is 1.71. The van der Waals surface area contributed by atoms with E-state index in [0.717, 1.165) is 12.3 Å². The molecule has 4 heteroatoms. The minimum absolute atomic E-state index is 0.780. The van der Waals surface area contributed by atoms with Gasteiger partial charge >= 0.3 is 5.97 Å². The van der Waals surface area contributed by atoms with E-state index < -0.39 is 11.8 Å². The number of aliphatic carboxylic acids is 1. The molecule has 0 atom stereocenters. The van der Waals surface area contributed by atoms with Gasteiger partial charge in [0, 0.05) is 6.08 Å². The molecule has 0 fully saturated rings. The standard InChI is InChI=1S/C4H5NO3/c5-2-1-3(6)4(7)8/h1-2H,5H2,(H,7,8). The minimum Gasteiger partial charge on any atom is -0.475 e. The SMILES string of the molecule is NC=CC(=O)C(=O)O. The fraction of sp³-hybridized carbons (Fsp3) is 0. The molecule has 0 unspecified atom stereocenters. The van der Waals surface area contributed by atoms with Crippen molar-refractivity contribution in [2.45, 2.75) is 0 Å². The summed E-state index contributed by atoms with van der Waals surface area (Å²) < 4.78 is 0. The predicted molar refractivity (Wildman–Crippen MR) is 26.0 cm³/mol. The van der Waals surface area contributed by atoms with E-state index in [0.29, 0.717) is 0 Å². The van der Waals surface area contributed by atoms with Gasteiger partial charge in [0.15, 0.2) is 0 Å². The molecule has 3 N–H and O–H groups in total. The van der Waals surface area contributed by atoms with Crippen LogP contribution in [0.25, 0.3) is 0 Å². The van der Waals surface area contributed by atoms with Crippen molar-refractivity contribution < 1.29 is 14.7 Å². The summed E-state index contributed by atoms with van der Waals surface area (Å²) in [6, 6.07) is 0. The van der Waals surface area contributed by atoms with Crippen LogP contribution in [0.3, 0.4) is 0 Å². The summed E-state index contributed by atoms with van der Waals surface area (Å²) in [7, 11) is 0. The second-order valence-electron chi connectivity index (χ2n) is 1.03. The number of carboxylic acid groups (broad SMARTS) is 1. The summed E-state index contributed by atoms with van der Waals surface area (Å²) in [5.41, 5.74) is 4.70. The second kappa shape index (κ2) is 2.79. The molecule has 8 heavy (non-hydrogen) atoms. The van der Waals surface area contributed by atoms with Gasteiger partial charge in [0.1, 0.15) is 0 Å².